The van der Waals surface area contributed by atoms with Crippen LogP contribution in [0.3, 0.4) is 0 Å². The van der Waals surface area contributed by atoms with Crippen molar-refractivity contribution in [3.05, 3.63) is 0 Å². The van der Waals surface area contributed by atoms with Crippen LogP contribution in [-0.4, -0.2) is 23.2 Å². The molecule has 0 saturated carbocycles. The highest BCUT2D eigenvalue weighted by Crippen LogP contribution is 1.94. The monoisotopic (exact) mass is 150 g/mol. The zero-order chi connectivity index (χ0) is 6.36. The summed E-state index contributed by atoms with van der Waals surface area (Å²) >= 11 is 0. The third-order valence-electron chi connectivity index (χ3n) is 0.968. The first-order valence-corrected chi connectivity index (χ1v) is 4.14. The summed E-state index contributed by atoms with van der Waals surface area (Å²) < 4.78 is 9.29. The van der Waals surface area contributed by atoms with Crippen molar-refractivity contribution in [2.24, 2.45) is 0 Å². The minimum absolute atomic E-state index is 0.653. The molecular weight excluding hydrogens is 140 g/mol. The molecule has 5 heteroatoms. The second kappa shape index (κ2) is 4.89. The Kier molecular flexibility index (Phi) is 3.90. The van der Waals surface area contributed by atoms with Crippen molar-refractivity contribution in [2.45, 2.75) is 12.8 Å². The van der Waals surface area contributed by atoms with Gasteiger partial charge in [0.2, 0.25) is 0 Å². The van der Waals surface area contributed by atoms with Crippen molar-refractivity contribution in [1.29, 1.82) is 0 Å². The maximum absolute atomic E-state index is 4.71. The molecule has 9 heavy (non-hydrogen) atoms. The molecular formula is C4H10O4Si. The van der Waals surface area contributed by atoms with E-state index in [2.05, 4.69) is 9.15 Å². The highest BCUT2D eigenvalue weighted by molar-refractivity contribution is 6.17. The molecule has 4 nitrogen and oxygen atoms in total. The van der Waals surface area contributed by atoms with E-state index >= 15 is 0 Å². The summed E-state index contributed by atoms with van der Waals surface area (Å²) in [4.78, 5) is 9.42. The number of hydrogen-bond donors (Lipinski definition) is 0. The second-order valence-corrected chi connectivity index (χ2v) is 2.41. The summed E-state index contributed by atoms with van der Waals surface area (Å²) in [7, 11) is -1.02. The molecule has 0 spiro atoms. The molecule has 0 aliphatic carbocycles. The Morgan fingerprint density at radius 3 is 2.00 bits per heavy atom. The first kappa shape index (κ1) is 7.17. The molecule has 0 aromatic heterocycles. The van der Waals surface area contributed by atoms with Gasteiger partial charge in [-0.3, -0.25) is 9.15 Å². The molecule has 0 bridgehead atoms. The minimum atomic E-state index is -1.02. The van der Waals surface area contributed by atoms with Crippen molar-refractivity contribution < 1.29 is 18.9 Å². The van der Waals surface area contributed by atoms with Gasteiger partial charge in [0.25, 0.3) is 0 Å². The maximum atomic E-state index is 4.71. The molecule has 54 valence electrons. The van der Waals surface area contributed by atoms with E-state index in [0.717, 1.165) is 12.8 Å². The van der Waals surface area contributed by atoms with Crippen LogP contribution in [0.1, 0.15) is 12.8 Å². The third-order valence-corrected chi connectivity index (χ3v) is 1.49. The van der Waals surface area contributed by atoms with Crippen LogP contribution in [0.25, 0.3) is 0 Å². The highest BCUT2D eigenvalue weighted by atomic mass is 28.3. The minimum Gasteiger partial charge on any atom is -0.256 e. The average molecular weight is 150 g/mol. The van der Waals surface area contributed by atoms with Gasteiger partial charge in [0, 0.05) is 0 Å². The van der Waals surface area contributed by atoms with Gasteiger partial charge >= 0.3 is 10.0 Å². The van der Waals surface area contributed by atoms with Gasteiger partial charge < -0.3 is 0 Å². The fourth-order valence-electron chi connectivity index (χ4n) is 0.528. The predicted molar refractivity (Wildman–Crippen MR) is 31.9 cm³/mol. The van der Waals surface area contributed by atoms with Crippen molar-refractivity contribution in [3.8, 4) is 0 Å². The summed E-state index contributed by atoms with van der Waals surface area (Å²) in [5, 5.41) is 0. The Morgan fingerprint density at radius 1 is 0.889 bits per heavy atom. The van der Waals surface area contributed by atoms with Gasteiger partial charge in [0.15, 0.2) is 0 Å². The Bertz CT molecular complexity index is 41.1. The molecule has 0 amide bonds. The Labute approximate surface area is 56.0 Å². The molecule has 0 N–H and O–H groups in total. The Hall–Kier alpha value is 0.0569. The van der Waals surface area contributed by atoms with E-state index in [-0.39, 0.29) is 0 Å². The SMILES string of the molecule is C1CCOO[SiH2]OOC1. The van der Waals surface area contributed by atoms with Crippen LogP contribution in [0, 0.1) is 0 Å². The lowest BCUT2D eigenvalue weighted by molar-refractivity contribution is -0.263. The fourth-order valence-corrected chi connectivity index (χ4v) is 0.939. The highest BCUT2D eigenvalue weighted by Gasteiger charge is 1.97. The Balaban J connectivity index is 2.02. The Morgan fingerprint density at radius 2 is 1.44 bits per heavy atom. The smallest absolute Gasteiger partial charge is 0.256 e. The zero-order valence-electron chi connectivity index (χ0n) is 5.17. The molecule has 1 aliphatic rings. The summed E-state index contributed by atoms with van der Waals surface area (Å²) in [6, 6.07) is 0. The van der Waals surface area contributed by atoms with Crippen LogP contribution < -0.4 is 0 Å². The summed E-state index contributed by atoms with van der Waals surface area (Å²) in [5.41, 5.74) is 0. The molecule has 0 aromatic rings. The zero-order valence-corrected chi connectivity index (χ0v) is 6.58. The summed E-state index contributed by atoms with van der Waals surface area (Å²) in [5.74, 6) is 0. The van der Waals surface area contributed by atoms with E-state index in [0.29, 0.717) is 13.2 Å². The van der Waals surface area contributed by atoms with Crippen LogP contribution in [0.2, 0.25) is 0 Å². The first-order chi connectivity index (χ1) is 4.50. The molecule has 1 fully saturated rings. The molecule has 1 saturated heterocycles. The number of rotatable bonds is 0. The third kappa shape index (κ3) is 3.60. The van der Waals surface area contributed by atoms with Crippen molar-refractivity contribution >= 4 is 10.0 Å². The lowest BCUT2D eigenvalue weighted by Gasteiger charge is -1.97. The van der Waals surface area contributed by atoms with Gasteiger partial charge in [-0.25, -0.2) is 9.78 Å². The van der Waals surface area contributed by atoms with E-state index < -0.39 is 10.0 Å². The molecule has 0 radical (unpaired) electrons. The molecule has 0 unspecified atom stereocenters. The van der Waals surface area contributed by atoms with E-state index in [1.54, 1.807) is 0 Å². The molecule has 0 aromatic carbocycles. The van der Waals surface area contributed by atoms with E-state index in [9.17, 15) is 0 Å². The molecule has 0 atom stereocenters. The molecule has 1 heterocycles. The van der Waals surface area contributed by atoms with Crippen LogP contribution in [0.5, 0.6) is 0 Å². The standard InChI is InChI=1S/C4H10O4Si/c1-2-4-6-8-9-7-5-3-1/h1-4,9H2. The fraction of sp³-hybridized carbons (Fsp3) is 1.00. The largest absolute Gasteiger partial charge is 0.382 e. The predicted octanol–water partition coefficient (Wildman–Crippen LogP) is -0.325. The molecule has 1 aliphatic heterocycles. The van der Waals surface area contributed by atoms with Crippen LogP contribution in [0.4, 0.5) is 0 Å². The molecule has 1 rings (SSSR count). The topological polar surface area (TPSA) is 36.9 Å². The van der Waals surface area contributed by atoms with E-state index in [1.165, 1.54) is 0 Å². The quantitative estimate of drug-likeness (QED) is 0.350. The average Bonchev–Trinajstić information content (AvgIpc) is 2.00. The number of hydrogen-bond acceptors (Lipinski definition) is 4. The van der Waals surface area contributed by atoms with Gasteiger partial charge in [-0.2, -0.15) is 0 Å². The second-order valence-electron chi connectivity index (χ2n) is 1.70. The van der Waals surface area contributed by atoms with Crippen LogP contribution in [-0.2, 0) is 18.9 Å². The van der Waals surface area contributed by atoms with Crippen LogP contribution >= 0.6 is 0 Å². The summed E-state index contributed by atoms with van der Waals surface area (Å²) in [6.07, 6.45) is 1.94. The van der Waals surface area contributed by atoms with Gasteiger partial charge in [-0.1, -0.05) is 0 Å². The van der Waals surface area contributed by atoms with Crippen molar-refractivity contribution in [3.63, 3.8) is 0 Å². The lowest BCUT2D eigenvalue weighted by atomic mass is 10.3. The van der Waals surface area contributed by atoms with Gasteiger partial charge in [-0.05, 0) is 12.8 Å². The van der Waals surface area contributed by atoms with Crippen molar-refractivity contribution in [2.75, 3.05) is 13.2 Å². The van der Waals surface area contributed by atoms with Gasteiger partial charge in [0.1, 0.15) is 0 Å². The van der Waals surface area contributed by atoms with Gasteiger partial charge in [0.05, 0.1) is 13.2 Å². The first-order valence-electron chi connectivity index (χ1n) is 2.99. The summed E-state index contributed by atoms with van der Waals surface area (Å²) in [6.45, 7) is 1.31. The van der Waals surface area contributed by atoms with Crippen LogP contribution in [0.15, 0.2) is 0 Å². The van der Waals surface area contributed by atoms with E-state index in [1.807, 2.05) is 0 Å². The van der Waals surface area contributed by atoms with Crippen molar-refractivity contribution in [1.82, 2.24) is 0 Å². The van der Waals surface area contributed by atoms with Gasteiger partial charge in [-0.15, -0.1) is 0 Å². The lowest BCUT2D eigenvalue weighted by Crippen LogP contribution is -2.04. The normalized spacial score (nSPS) is 24.0. The maximum Gasteiger partial charge on any atom is 0.382 e. The van der Waals surface area contributed by atoms with E-state index in [4.69, 9.17) is 9.78 Å².